The van der Waals surface area contributed by atoms with Crippen molar-refractivity contribution in [3.05, 3.63) is 158 Å². The van der Waals surface area contributed by atoms with Crippen LogP contribution in [0.25, 0.3) is 0 Å². The molecular formula is C71H112O6. The standard InChI is InChI=1S/C71H112O6/c1-4-7-10-13-16-19-22-25-28-30-32-33-34-35-36-37-39-40-43-46-49-52-55-58-61-64-70(73)76-67-68(66-75-69(72)63-60-57-54-51-48-45-42-27-24-21-18-15-12-9-6-3)77-71(74)65-62-59-56-53-50-47-44-41-38-31-29-26-23-20-17-14-11-8-5-2/h7-8,10-11,16-21,25-29,32-33,35-36,38-42,47,50,68H,4-6,9,12-15,22-24,30-31,34,37,43-46,48-49,51-67H2,1-3H3/b10-7-,11-8-,19-16-,20-17-,21-18-,28-25-,29-26-,33-32-,36-35-,40-39-,41-38-,42-27-,50-47-. The van der Waals surface area contributed by atoms with Crippen LogP contribution in [0.15, 0.2) is 158 Å². The summed E-state index contributed by atoms with van der Waals surface area (Å²) < 4.78 is 16.9. The fraction of sp³-hybridized carbons (Fsp3) is 0.592. The molecule has 0 aromatic heterocycles. The molecule has 0 heterocycles. The fourth-order valence-electron chi connectivity index (χ4n) is 7.91. The summed E-state index contributed by atoms with van der Waals surface area (Å²) in [6, 6.07) is 0. The Labute approximate surface area is 473 Å². The van der Waals surface area contributed by atoms with Crippen LogP contribution in [0.5, 0.6) is 0 Å². The average Bonchev–Trinajstić information content (AvgIpc) is 3.43. The molecule has 1 atom stereocenters. The predicted octanol–water partition coefficient (Wildman–Crippen LogP) is 21.3. The Kier molecular flexibility index (Phi) is 59.5. The Morgan fingerprint density at radius 3 is 0.805 bits per heavy atom. The molecule has 0 N–H and O–H groups in total. The molecule has 0 aliphatic carbocycles. The molecule has 77 heavy (non-hydrogen) atoms. The first kappa shape index (κ1) is 72.0. The van der Waals surface area contributed by atoms with Gasteiger partial charge in [-0.15, -0.1) is 0 Å². The molecule has 1 unspecified atom stereocenters. The van der Waals surface area contributed by atoms with Gasteiger partial charge in [0, 0.05) is 19.3 Å². The number of carbonyl (C=O) groups excluding carboxylic acids is 3. The molecule has 0 bridgehead atoms. The third kappa shape index (κ3) is 61.8. The molecule has 0 spiro atoms. The summed E-state index contributed by atoms with van der Waals surface area (Å²) in [6.45, 7) is 6.33. The Hall–Kier alpha value is -4.97. The molecule has 0 aliphatic rings. The van der Waals surface area contributed by atoms with Gasteiger partial charge in [0.05, 0.1) is 0 Å². The Morgan fingerprint density at radius 2 is 0.506 bits per heavy atom. The first-order valence-electron chi connectivity index (χ1n) is 31.0. The number of rotatable bonds is 54. The van der Waals surface area contributed by atoms with Gasteiger partial charge in [0.2, 0.25) is 0 Å². The van der Waals surface area contributed by atoms with Gasteiger partial charge in [0.15, 0.2) is 6.10 Å². The van der Waals surface area contributed by atoms with E-state index in [1.165, 1.54) is 38.5 Å². The number of hydrogen-bond acceptors (Lipinski definition) is 6. The zero-order valence-electron chi connectivity index (χ0n) is 49.4. The van der Waals surface area contributed by atoms with Crippen molar-refractivity contribution in [3.63, 3.8) is 0 Å². The SMILES string of the molecule is CC/C=C\C/C=C\C/C=C\C/C=C\C/C=C\C/C=C\CCCCCCCCC(=O)OCC(COC(=O)CCCCCCC/C=C\C/C=C\CCCCC)OC(=O)CCCCC/C=C\C/C=C\C/C=C\C/C=C\C/C=C\CC. The normalized spacial score (nSPS) is 13.2. The van der Waals surface area contributed by atoms with E-state index in [1.54, 1.807) is 0 Å². The second-order valence-electron chi connectivity index (χ2n) is 19.8. The minimum Gasteiger partial charge on any atom is -0.462 e. The largest absolute Gasteiger partial charge is 0.462 e. The number of unbranched alkanes of at least 4 members (excludes halogenated alkanes) is 17. The van der Waals surface area contributed by atoms with Crippen LogP contribution in [0.4, 0.5) is 0 Å². The molecule has 0 saturated carbocycles. The fourth-order valence-corrected chi connectivity index (χ4v) is 7.91. The van der Waals surface area contributed by atoms with E-state index in [-0.39, 0.29) is 37.5 Å². The van der Waals surface area contributed by atoms with E-state index in [0.717, 1.165) is 167 Å². The lowest BCUT2D eigenvalue weighted by Crippen LogP contribution is -2.30. The summed E-state index contributed by atoms with van der Waals surface area (Å²) in [7, 11) is 0. The van der Waals surface area contributed by atoms with Gasteiger partial charge in [0.25, 0.3) is 0 Å². The lowest BCUT2D eigenvalue weighted by atomic mass is 10.1. The van der Waals surface area contributed by atoms with Crippen molar-refractivity contribution >= 4 is 17.9 Å². The number of carbonyl (C=O) groups is 3. The summed E-state index contributed by atoms with van der Waals surface area (Å²) in [6.07, 6.45) is 92.3. The quantitative estimate of drug-likeness (QED) is 0.0261. The molecule has 0 radical (unpaired) electrons. The minimum atomic E-state index is -0.817. The molecule has 0 aliphatic heterocycles. The molecular weight excluding hydrogens is 949 g/mol. The van der Waals surface area contributed by atoms with Gasteiger partial charge >= 0.3 is 17.9 Å². The number of ether oxygens (including phenoxy) is 3. The van der Waals surface area contributed by atoms with Crippen LogP contribution in [0, 0.1) is 0 Å². The van der Waals surface area contributed by atoms with E-state index < -0.39 is 6.10 Å². The summed E-state index contributed by atoms with van der Waals surface area (Å²) in [4.78, 5) is 38.3. The van der Waals surface area contributed by atoms with Gasteiger partial charge in [-0.2, -0.15) is 0 Å². The first-order chi connectivity index (χ1) is 38.0. The van der Waals surface area contributed by atoms with E-state index in [4.69, 9.17) is 14.2 Å². The van der Waals surface area contributed by atoms with Crippen LogP contribution in [0.1, 0.15) is 252 Å². The van der Waals surface area contributed by atoms with E-state index in [9.17, 15) is 14.4 Å². The molecule has 0 aromatic rings. The molecule has 6 heteroatoms. The van der Waals surface area contributed by atoms with E-state index in [1.807, 2.05) is 0 Å². The van der Waals surface area contributed by atoms with Gasteiger partial charge in [0.1, 0.15) is 13.2 Å². The summed E-state index contributed by atoms with van der Waals surface area (Å²) >= 11 is 0. The van der Waals surface area contributed by atoms with Crippen molar-refractivity contribution < 1.29 is 28.6 Å². The average molecular weight is 1060 g/mol. The predicted molar refractivity (Wildman–Crippen MR) is 334 cm³/mol. The lowest BCUT2D eigenvalue weighted by molar-refractivity contribution is -0.167. The van der Waals surface area contributed by atoms with Gasteiger partial charge in [-0.05, 0) is 148 Å². The van der Waals surface area contributed by atoms with Crippen LogP contribution in [0.3, 0.4) is 0 Å². The zero-order valence-corrected chi connectivity index (χ0v) is 49.4. The molecule has 432 valence electrons. The summed E-state index contributed by atoms with van der Waals surface area (Å²) in [5.74, 6) is -0.975. The van der Waals surface area contributed by atoms with Crippen molar-refractivity contribution in [2.75, 3.05) is 13.2 Å². The number of esters is 3. The van der Waals surface area contributed by atoms with Crippen molar-refractivity contribution in [2.24, 2.45) is 0 Å². The second kappa shape index (κ2) is 63.6. The molecule has 0 amide bonds. The van der Waals surface area contributed by atoms with Crippen molar-refractivity contribution in [3.8, 4) is 0 Å². The van der Waals surface area contributed by atoms with Crippen LogP contribution >= 0.6 is 0 Å². The monoisotopic (exact) mass is 1060 g/mol. The van der Waals surface area contributed by atoms with Crippen LogP contribution in [-0.4, -0.2) is 37.2 Å². The molecule has 0 saturated heterocycles. The van der Waals surface area contributed by atoms with E-state index in [2.05, 4.69) is 179 Å². The highest BCUT2D eigenvalue weighted by Crippen LogP contribution is 2.13. The minimum absolute atomic E-state index is 0.110. The van der Waals surface area contributed by atoms with Crippen LogP contribution in [-0.2, 0) is 28.6 Å². The third-order valence-electron chi connectivity index (χ3n) is 12.5. The second-order valence-corrected chi connectivity index (χ2v) is 19.8. The van der Waals surface area contributed by atoms with Crippen molar-refractivity contribution in [1.29, 1.82) is 0 Å². The topological polar surface area (TPSA) is 78.9 Å². The third-order valence-corrected chi connectivity index (χ3v) is 12.5. The maximum Gasteiger partial charge on any atom is 0.306 e. The van der Waals surface area contributed by atoms with Crippen molar-refractivity contribution in [2.45, 2.75) is 258 Å². The number of allylic oxidation sites excluding steroid dienone is 26. The first-order valence-corrected chi connectivity index (χ1v) is 31.0. The summed E-state index contributed by atoms with van der Waals surface area (Å²) in [5, 5.41) is 0. The highest BCUT2D eigenvalue weighted by molar-refractivity contribution is 5.71. The molecule has 6 nitrogen and oxygen atoms in total. The van der Waals surface area contributed by atoms with E-state index >= 15 is 0 Å². The van der Waals surface area contributed by atoms with Gasteiger partial charge < -0.3 is 14.2 Å². The lowest BCUT2D eigenvalue weighted by Gasteiger charge is -2.18. The summed E-state index contributed by atoms with van der Waals surface area (Å²) in [5.41, 5.74) is 0. The van der Waals surface area contributed by atoms with Crippen LogP contribution in [0.2, 0.25) is 0 Å². The smallest absolute Gasteiger partial charge is 0.306 e. The van der Waals surface area contributed by atoms with E-state index in [0.29, 0.717) is 19.3 Å². The molecule has 0 aromatic carbocycles. The highest BCUT2D eigenvalue weighted by Gasteiger charge is 2.19. The van der Waals surface area contributed by atoms with Gasteiger partial charge in [-0.25, -0.2) is 0 Å². The zero-order chi connectivity index (χ0) is 55.7. The maximum absolute atomic E-state index is 12.9. The molecule has 0 rings (SSSR count). The van der Waals surface area contributed by atoms with Gasteiger partial charge in [-0.3, -0.25) is 14.4 Å². The Bertz CT molecular complexity index is 1740. The maximum atomic E-state index is 12.9. The Morgan fingerprint density at radius 1 is 0.273 bits per heavy atom. The Balaban J connectivity index is 4.50. The number of hydrogen-bond donors (Lipinski definition) is 0. The van der Waals surface area contributed by atoms with Crippen molar-refractivity contribution in [1.82, 2.24) is 0 Å². The van der Waals surface area contributed by atoms with Crippen LogP contribution < -0.4 is 0 Å². The van der Waals surface area contributed by atoms with Gasteiger partial charge in [-0.1, -0.05) is 243 Å². The molecule has 0 fully saturated rings. The highest BCUT2D eigenvalue weighted by atomic mass is 16.6.